The zero-order valence-corrected chi connectivity index (χ0v) is 17.2. The lowest BCUT2D eigenvalue weighted by molar-refractivity contribution is -0.181. The molecule has 2 aromatic carbocycles. The molecule has 0 aromatic heterocycles. The third-order valence-electron chi connectivity index (χ3n) is 5.59. The number of aliphatic hydroxyl groups excluding tert-OH is 3. The van der Waals surface area contributed by atoms with Crippen molar-refractivity contribution < 1.29 is 20.1 Å². The van der Waals surface area contributed by atoms with E-state index < -0.39 is 24.4 Å². The quantitative estimate of drug-likeness (QED) is 0.740. The monoisotopic (exact) mass is 395 g/mol. The van der Waals surface area contributed by atoms with Crippen molar-refractivity contribution in [2.45, 2.75) is 63.4 Å². The van der Waals surface area contributed by atoms with Crippen LogP contribution in [-0.4, -0.2) is 40.2 Å². The second-order valence-electron chi connectivity index (χ2n) is 8.79. The van der Waals surface area contributed by atoms with Crippen LogP contribution in [0.15, 0.2) is 42.5 Å². The van der Waals surface area contributed by atoms with Crippen molar-refractivity contribution in [2.75, 3.05) is 6.61 Å². The van der Waals surface area contributed by atoms with E-state index in [1.54, 1.807) is 6.07 Å². The minimum absolute atomic E-state index is 0.0865. The standard InChI is InChI=1S/C24H29NO4/c1-24(2,3)19-8-4-15(5-9-19)10-18-11-16(6-7-17(18)13-25)21-12-20(27)23(28)22(14-26)29-21/h4-9,11,20-23,26-28H,10,12,14H2,1-3H3/t20?,21-,22-,23?/m1/s1. The summed E-state index contributed by atoms with van der Waals surface area (Å²) in [5.74, 6) is 0. The van der Waals surface area contributed by atoms with Gasteiger partial charge in [-0.25, -0.2) is 0 Å². The summed E-state index contributed by atoms with van der Waals surface area (Å²) in [7, 11) is 0. The molecule has 1 heterocycles. The van der Waals surface area contributed by atoms with Crippen molar-refractivity contribution in [3.05, 3.63) is 70.3 Å². The van der Waals surface area contributed by atoms with E-state index in [1.807, 2.05) is 12.1 Å². The lowest BCUT2D eigenvalue weighted by Gasteiger charge is -2.36. The molecule has 0 spiro atoms. The predicted octanol–water partition coefficient (Wildman–Crippen LogP) is 2.99. The molecule has 0 aliphatic carbocycles. The molecule has 1 saturated heterocycles. The van der Waals surface area contributed by atoms with E-state index in [0.29, 0.717) is 12.0 Å². The van der Waals surface area contributed by atoms with Gasteiger partial charge in [0.15, 0.2) is 0 Å². The lowest BCUT2D eigenvalue weighted by atomic mass is 9.86. The highest BCUT2D eigenvalue weighted by Gasteiger charge is 2.37. The van der Waals surface area contributed by atoms with Gasteiger partial charge in [-0.05, 0) is 40.2 Å². The van der Waals surface area contributed by atoms with E-state index >= 15 is 0 Å². The van der Waals surface area contributed by atoms with E-state index in [1.165, 1.54) is 5.56 Å². The maximum Gasteiger partial charge on any atom is 0.110 e. The smallest absolute Gasteiger partial charge is 0.110 e. The zero-order chi connectivity index (χ0) is 21.2. The normalized spacial score (nSPS) is 24.9. The first-order valence-electron chi connectivity index (χ1n) is 9.97. The van der Waals surface area contributed by atoms with Gasteiger partial charge in [-0.3, -0.25) is 0 Å². The van der Waals surface area contributed by atoms with Gasteiger partial charge in [0.05, 0.1) is 30.4 Å². The SMILES string of the molecule is CC(C)(C)c1ccc(Cc2cc([C@H]3CC(O)C(O)[C@@H](CO)O3)ccc2C#N)cc1. The minimum atomic E-state index is -1.10. The predicted molar refractivity (Wildman–Crippen MR) is 110 cm³/mol. The second-order valence-corrected chi connectivity index (χ2v) is 8.79. The van der Waals surface area contributed by atoms with Crippen molar-refractivity contribution in [1.29, 1.82) is 5.26 Å². The largest absolute Gasteiger partial charge is 0.394 e. The van der Waals surface area contributed by atoms with E-state index in [4.69, 9.17) is 4.74 Å². The third-order valence-corrected chi connectivity index (χ3v) is 5.59. The molecule has 0 saturated carbocycles. The van der Waals surface area contributed by atoms with Crippen LogP contribution in [0.5, 0.6) is 0 Å². The number of aliphatic hydroxyl groups is 3. The molecule has 154 valence electrons. The molecular formula is C24H29NO4. The molecule has 4 atom stereocenters. The first-order chi connectivity index (χ1) is 13.7. The van der Waals surface area contributed by atoms with Crippen molar-refractivity contribution in [3.8, 4) is 6.07 Å². The Morgan fingerprint density at radius 3 is 2.38 bits per heavy atom. The number of benzene rings is 2. The summed E-state index contributed by atoms with van der Waals surface area (Å²) < 4.78 is 5.79. The summed E-state index contributed by atoms with van der Waals surface area (Å²) in [6.45, 7) is 6.16. The Morgan fingerprint density at radius 2 is 1.79 bits per heavy atom. The first-order valence-corrected chi connectivity index (χ1v) is 9.97. The van der Waals surface area contributed by atoms with Crippen molar-refractivity contribution in [2.24, 2.45) is 0 Å². The lowest BCUT2D eigenvalue weighted by Crippen LogP contribution is -2.47. The van der Waals surface area contributed by atoms with Crippen LogP contribution in [0, 0.1) is 11.3 Å². The highest BCUT2D eigenvalue weighted by molar-refractivity contribution is 5.44. The molecule has 3 N–H and O–H groups in total. The highest BCUT2D eigenvalue weighted by atomic mass is 16.5. The van der Waals surface area contributed by atoms with Gasteiger partial charge in [0.1, 0.15) is 12.2 Å². The van der Waals surface area contributed by atoms with Crippen LogP contribution in [0.4, 0.5) is 0 Å². The number of nitriles is 1. The Hall–Kier alpha value is -2.23. The van der Waals surface area contributed by atoms with Crippen LogP contribution in [0.1, 0.15) is 61.1 Å². The van der Waals surface area contributed by atoms with Gasteiger partial charge in [-0.2, -0.15) is 5.26 Å². The highest BCUT2D eigenvalue weighted by Crippen LogP contribution is 2.33. The fourth-order valence-corrected chi connectivity index (χ4v) is 3.73. The van der Waals surface area contributed by atoms with Crippen LogP contribution < -0.4 is 0 Å². The van der Waals surface area contributed by atoms with Crippen molar-refractivity contribution >= 4 is 0 Å². The Labute approximate surface area is 172 Å². The maximum absolute atomic E-state index is 10.1. The molecule has 3 rings (SSSR count). The number of rotatable bonds is 4. The molecule has 2 aromatic rings. The molecular weight excluding hydrogens is 366 g/mol. The molecule has 0 bridgehead atoms. The summed E-state index contributed by atoms with van der Waals surface area (Å²) in [5, 5.41) is 39.0. The molecule has 5 nitrogen and oxygen atoms in total. The van der Waals surface area contributed by atoms with E-state index in [2.05, 4.69) is 51.1 Å². The van der Waals surface area contributed by atoms with E-state index in [0.717, 1.165) is 16.7 Å². The average Bonchev–Trinajstić information content (AvgIpc) is 2.69. The fraction of sp³-hybridized carbons (Fsp3) is 0.458. The molecule has 1 aliphatic rings. The number of ether oxygens (including phenoxy) is 1. The van der Waals surface area contributed by atoms with Crippen molar-refractivity contribution in [1.82, 2.24) is 0 Å². The number of hydrogen-bond acceptors (Lipinski definition) is 5. The molecule has 1 aliphatic heterocycles. The van der Waals surface area contributed by atoms with Gasteiger partial charge < -0.3 is 20.1 Å². The minimum Gasteiger partial charge on any atom is -0.394 e. The van der Waals surface area contributed by atoms with Gasteiger partial charge in [-0.15, -0.1) is 0 Å². The van der Waals surface area contributed by atoms with Crippen LogP contribution in [-0.2, 0) is 16.6 Å². The molecule has 0 radical (unpaired) electrons. The Bertz CT molecular complexity index is 879. The summed E-state index contributed by atoms with van der Waals surface area (Å²) in [6, 6.07) is 16.2. The molecule has 1 fully saturated rings. The third kappa shape index (κ3) is 4.85. The second kappa shape index (κ2) is 8.64. The van der Waals surface area contributed by atoms with Crippen LogP contribution in [0.3, 0.4) is 0 Å². The summed E-state index contributed by atoms with van der Waals surface area (Å²) in [5.41, 5.74) is 4.77. The average molecular weight is 395 g/mol. The van der Waals surface area contributed by atoms with Crippen LogP contribution >= 0.6 is 0 Å². The topological polar surface area (TPSA) is 93.7 Å². The van der Waals surface area contributed by atoms with Crippen LogP contribution in [0.25, 0.3) is 0 Å². The van der Waals surface area contributed by atoms with Gasteiger partial charge >= 0.3 is 0 Å². The molecule has 2 unspecified atom stereocenters. The number of nitrogens with zero attached hydrogens (tertiary/aromatic N) is 1. The maximum atomic E-state index is 10.1. The van der Waals surface area contributed by atoms with Gasteiger partial charge in [0.25, 0.3) is 0 Å². The van der Waals surface area contributed by atoms with Gasteiger partial charge in [-0.1, -0.05) is 57.2 Å². The van der Waals surface area contributed by atoms with Crippen LogP contribution in [0.2, 0.25) is 0 Å². The molecule has 0 amide bonds. The van der Waals surface area contributed by atoms with Gasteiger partial charge in [0.2, 0.25) is 0 Å². The number of hydrogen-bond donors (Lipinski definition) is 3. The summed E-state index contributed by atoms with van der Waals surface area (Å²) in [6.07, 6.45) is -2.48. The van der Waals surface area contributed by atoms with E-state index in [-0.39, 0.29) is 18.4 Å². The zero-order valence-electron chi connectivity index (χ0n) is 17.2. The molecule has 29 heavy (non-hydrogen) atoms. The fourth-order valence-electron chi connectivity index (χ4n) is 3.73. The summed E-state index contributed by atoms with van der Waals surface area (Å²) in [4.78, 5) is 0. The Balaban J connectivity index is 1.85. The first kappa shape index (κ1) is 21.5. The molecule has 5 heteroatoms. The summed E-state index contributed by atoms with van der Waals surface area (Å²) >= 11 is 0. The van der Waals surface area contributed by atoms with E-state index in [9.17, 15) is 20.6 Å². The Kier molecular flexibility index (Phi) is 6.40. The van der Waals surface area contributed by atoms with Gasteiger partial charge in [0, 0.05) is 6.42 Å². The Morgan fingerprint density at radius 1 is 1.10 bits per heavy atom. The van der Waals surface area contributed by atoms with Crippen molar-refractivity contribution in [3.63, 3.8) is 0 Å².